The van der Waals surface area contributed by atoms with Crippen LogP contribution >= 0.6 is 11.6 Å². The van der Waals surface area contributed by atoms with Crippen LogP contribution in [0.1, 0.15) is 22.8 Å². The molecule has 2 aromatic carbocycles. The van der Waals surface area contributed by atoms with E-state index in [0.717, 1.165) is 22.5 Å². The van der Waals surface area contributed by atoms with Crippen molar-refractivity contribution in [2.75, 3.05) is 16.8 Å². The fourth-order valence-corrected chi connectivity index (χ4v) is 3.47. The number of aromatic nitrogens is 3. The number of rotatable bonds is 7. The van der Waals surface area contributed by atoms with E-state index in [4.69, 9.17) is 16.6 Å². The number of nitrogens with zero attached hydrogens (tertiary/aromatic N) is 4. The van der Waals surface area contributed by atoms with Gasteiger partial charge in [0.2, 0.25) is 5.95 Å². The second kappa shape index (κ2) is 10.0. The number of hydrogen-bond donors (Lipinski definition) is 1. The summed E-state index contributed by atoms with van der Waals surface area (Å²) in [5, 5.41) is 2.96. The number of halogens is 1. The number of nitrogens with one attached hydrogen (secondary N) is 1. The molecule has 1 N–H and O–H groups in total. The fraction of sp³-hybridized carbons (Fsp3) is 0.120. The molecule has 2 heterocycles. The molecule has 4 aromatic rings. The molecule has 0 atom stereocenters. The van der Waals surface area contributed by atoms with Gasteiger partial charge in [-0.2, -0.15) is 0 Å². The van der Waals surface area contributed by atoms with E-state index in [2.05, 4.69) is 15.3 Å². The van der Waals surface area contributed by atoms with Crippen LogP contribution in [0.15, 0.2) is 85.3 Å². The van der Waals surface area contributed by atoms with Gasteiger partial charge in [0.1, 0.15) is 0 Å². The number of amides is 1. The summed E-state index contributed by atoms with van der Waals surface area (Å²) in [6, 6.07) is 20.6. The zero-order valence-electron chi connectivity index (χ0n) is 17.6. The van der Waals surface area contributed by atoms with Crippen molar-refractivity contribution in [3.8, 4) is 11.3 Å². The maximum atomic E-state index is 12.6. The van der Waals surface area contributed by atoms with E-state index in [9.17, 15) is 4.79 Å². The van der Waals surface area contributed by atoms with E-state index < -0.39 is 0 Å². The molecule has 7 heteroatoms. The quantitative estimate of drug-likeness (QED) is 0.371. The van der Waals surface area contributed by atoms with Crippen LogP contribution in [0.2, 0.25) is 0 Å². The van der Waals surface area contributed by atoms with Gasteiger partial charge in [-0.3, -0.25) is 9.78 Å². The molecule has 0 fully saturated rings. The van der Waals surface area contributed by atoms with Crippen LogP contribution in [0.4, 0.5) is 17.3 Å². The van der Waals surface area contributed by atoms with Gasteiger partial charge < -0.3 is 10.2 Å². The second-order valence-corrected chi connectivity index (χ2v) is 7.33. The lowest BCUT2D eigenvalue weighted by atomic mass is 10.1. The molecule has 32 heavy (non-hydrogen) atoms. The molecular formula is C25H22ClN5O. The van der Waals surface area contributed by atoms with Crippen molar-refractivity contribution < 1.29 is 4.79 Å². The first-order chi connectivity index (χ1) is 15.7. The predicted molar refractivity (Wildman–Crippen MR) is 128 cm³/mol. The summed E-state index contributed by atoms with van der Waals surface area (Å²) in [5.41, 5.74) is 4.84. The number of anilines is 3. The van der Waals surface area contributed by atoms with Crippen molar-refractivity contribution in [1.29, 1.82) is 0 Å². The lowest BCUT2D eigenvalue weighted by molar-refractivity contribution is 0.102. The highest BCUT2D eigenvalue weighted by Gasteiger charge is 2.13. The van der Waals surface area contributed by atoms with Crippen molar-refractivity contribution in [2.24, 2.45) is 0 Å². The van der Waals surface area contributed by atoms with Crippen LogP contribution < -0.4 is 10.2 Å². The second-order valence-electron chi connectivity index (χ2n) is 7.06. The predicted octanol–water partition coefficient (Wildman–Crippen LogP) is 5.69. The molecule has 0 aliphatic carbocycles. The number of benzene rings is 2. The van der Waals surface area contributed by atoms with Crippen molar-refractivity contribution in [1.82, 2.24) is 15.0 Å². The monoisotopic (exact) mass is 443 g/mol. The third-order valence-electron chi connectivity index (χ3n) is 4.94. The SMILES string of the molecule is CCN(c1cccc(NC(=O)c2ccc(CCl)cc2)c1)c1nccc(-c2cccnc2)n1. The topological polar surface area (TPSA) is 71.0 Å². The number of pyridine rings is 1. The molecule has 1 amide bonds. The van der Waals surface area contributed by atoms with E-state index in [1.807, 2.05) is 66.4 Å². The molecule has 160 valence electrons. The Balaban J connectivity index is 1.57. The largest absolute Gasteiger partial charge is 0.322 e. The van der Waals surface area contributed by atoms with Crippen molar-refractivity contribution in [3.05, 3.63) is 96.4 Å². The molecule has 2 aromatic heterocycles. The van der Waals surface area contributed by atoms with Crippen molar-refractivity contribution in [2.45, 2.75) is 12.8 Å². The van der Waals surface area contributed by atoms with Gasteiger partial charge in [-0.05, 0) is 61.0 Å². The summed E-state index contributed by atoms with van der Waals surface area (Å²) >= 11 is 5.83. The summed E-state index contributed by atoms with van der Waals surface area (Å²) < 4.78 is 0. The van der Waals surface area contributed by atoms with Crippen LogP contribution in [0.25, 0.3) is 11.3 Å². The smallest absolute Gasteiger partial charge is 0.255 e. The molecule has 0 aliphatic heterocycles. The summed E-state index contributed by atoms with van der Waals surface area (Å²) in [7, 11) is 0. The lowest BCUT2D eigenvalue weighted by Crippen LogP contribution is -2.19. The van der Waals surface area contributed by atoms with Gasteiger partial charge in [-0.1, -0.05) is 18.2 Å². The number of alkyl halides is 1. The van der Waals surface area contributed by atoms with Gasteiger partial charge in [-0.15, -0.1) is 11.6 Å². The first kappa shape index (κ1) is 21.5. The number of carbonyl (C=O) groups is 1. The van der Waals surface area contributed by atoms with Crippen LogP contribution in [-0.2, 0) is 5.88 Å². The Bertz CT molecular complexity index is 1200. The highest BCUT2D eigenvalue weighted by atomic mass is 35.5. The van der Waals surface area contributed by atoms with Crippen LogP contribution in [0.3, 0.4) is 0 Å². The van der Waals surface area contributed by atoms with Crippen LogP contribution in [0, 0.1) is 0 Å². The fourth-order valence-electron chi connectivity index (χ4n) is 3.29. The van der Waals surface area contributed by atoms with Gasteiger partial charge >= 0.3 is 0 Å². The summed E-state index contributed by atoms with van der Waals surface area (Å²) in [6.07, 6.45) is 5.25. The summed E-state index contributed by atoms with van der Waals surface area (Å²) in [5.74, 6) is 0.816. The highest BCUT2D eigenvalue weighted by molar-refractivity contribution is 6.17. The third-order valence-corrected chi connectivity index (χ3v) is 5.25. The average molecular weight is 444 g/mol. The minimum atomic E-state index is -0.179. The van der Waals surface area contributed by atoms with Gasteiger partial charge in [0.05, 0.1) is 5.69 Å². The average Bonchev–Trinajstić information content (AvgIpc) is 2.85. The van der Waals surface area contributed by atoms with Crippen LogP contribution in [-0.4, -0.2) is 27.4 Å². The zero-order valence-corrected chi connectivity index (χ0v) is 18.3. The maximum Gasteiger partial charge on any atom is 0.255 e. The zero-order chi connectivity index (χ0) is 22.3. The Morgan fingerprint density at radius 3 is 2.59 bits per heavy atom. The van der Waals surface area contributed by atoms with E-state index in [1.54, 1.807) is 30.7 Å². The first-order valence-electron chi connectivity index (χ1n) is 10.2. The van der Waals surface area contributed by atoms with Crippen LogP contribution in [0.5, 0.6) is 0 Å². The van der Waals surface area contributed by atoms with Gasteiger partial charge in [-0.25, -0.2) is 9.97 Å². The molecule has 0 saturated carbocycles. The lowest BCUT2D eigenvalue weighted by Gasteiger charge is -2.22. The number of hydrogen-bond acceptors (Lipinski definition) is 5. The molecule has 4 rings (SSSR count). The molecule has 0 spiro atoms. The Labute approximate surface area is 191 Å². The molecule has 6 nitrogen and oxygen atoms in total. The van der Waals surface area contributed by atoms with Gasteiger partial charge in [0.25, 0.3) is 5.91 Å². The molecule has 0 saturated heterocycles. The summed E-state index contributed by atoms with van der Waals surface area (Å²) in [6.45, 7) is 2.69. The minimum absolute atomic E-state index is 0.179. The summed E-state index contributed by atoms with van der Waals surface area (Å²) in [4.78, 5) is 28.0. The molecule has 0 unspecified atom stereocenters. The van der Waals surface area contributed by atoms with Gasteiger partial charge in [0, 0.05) is 53.5 Å². The van der Waals surface area contributed by atoms with Crippen molar-refractivity contribution >= 4 is 34.8 Å². The third kappa shape index (κ3) is 4.92. The number of carbonyl (C=O) groups excluding carboxylic acids is 1. The Morgan fingerprint density at radius 1 is 1.03 bits per heavy atom. The Kier molecular flexibility index (Phi) is 6.72. The maximum absolute atomic E-state index is 12.6. The molecule has 0 bridgehead atoms. The van der Waals surface area contributed by atoms with E-state index in [0.29, 0.717) is 29.6 Å². The highest BCUT2D eigenvalue weighted by Crippen LogP contribution is 2.26. The minimum Gasteiger partial charge on any atom is -0.322 e. The van der Waals surface area contributed by atoms with E-state index >= 15 is 0 Å². The van der Waals surface area contributed by atoms with Gasteiger partial charge in [0.15, 0.2) is 0 Å². The Morgan fingerprint density at radius 2 is 1.88 bits per heavy atom. The van der Waals surface area contributed by atoms with E-state index in [1.165, 1.54) is 0 Å². The first-order valence-corrected chi connectivity index (χ1v) is 10.8. The standard InChI is InChI=1S/C25H22ClN5O/c1-2-31(25-28-14-12-23(30-25)20-5-4-13-27-17-20)22-7-3-6-21(15-22)29-24(32)19-10-8-18(16-26)9-11-19/h3-15,17H,2,16H2,1H3,(H,29,32). The Hall–Kier alpha value is -3.77. The molecule has 0 aliphatic rings. The normalized spacial score (nSPS) is 10.6. The van der Waals surface area contributed by atoms with E-state index in [-0.39, 0.29) is 5.91 Å². The van der Waals surface area contributed by atoms with Crippen molar-refractivity contribution in [3.63, 3.8) is 0 Å². The molecular weight excluding hydrogens is 422 g/mol. The molecule has 0 radical (unpaired) electrons.